The van der Waals surface area contributed by atoms with Gasteiger partial charge in [-0.3, -0.25) is 9.78 Å². The molecule has 0 spiro atoms. The molecule has 4 aromatic rings. The molecular weight excluding hydrogens is 408 g/mol. The fourth-order valence-corrected chi connectivity index (χ4v) is 4.12. The van der Waals surface area contributed by atoms with Crippen molar-refractivity contribution in [1.82, 2.24) is 10.3 Å². The Morgan fingerprint density at radius 2 is 2.00 bits per heavy atom. The lowest BCUT2D eigenvalue weighted by molar-refractivity contribution is -0.123. The lowest BCUT2D eigenvalue weighted by Gasteiger charge is -2.20. The number of nitrogens with zero attached hydrogens (tertiary/aromatic N) is 1. The summed E-state index contributed by atoms with van der Waals surface area (Å²) in [5.74, 6) is 0.285. The summed E-state index contributed by atoms with van der Waals surface area (Å²) in [6, 6.07) is 17.5. The molecule has 4 rings (SSSR count). The first kappa shape index (κ1) is 19.2. The predicted molar refractivity (Wildman–Crippen MR) is 115 cm³/mol. The van der Waals surface area contributed by atoms with Crippen LogP contribution in [0.4, 0.5) is 0 Å². The molecule has 146 valence electrons. The molecule has 0 aliphatic heterocycles. The standard InChI is InChI=1S/C22H17ClN2O3S/c23-17-12-16(22(27)21-15(17)8-4-10-24-21)20(18-9-5-11-29-18)25-19(26)13-28-14-6-2-1-3-7-14/h1-12,20,27H,13H2,(H,25,26). The third kappa shape index (κ3) is 4.18. The molecule has 0 saturated carbocycles. The number of phenols is 1. The number of pyridine rings is 1. The van der Waals surface area contributed by atoms with Crippen LogP contribution in [0.5, 0.6) is 11.5 Å². The Bertz CT molecular complexity index is 1130. The van der Waals surface area contributed by atoms with E-state index in [0.29, 0.717) is 27.2 Å². The van der Waals surface area contributed by atoms with Crippen LogP contribution in [0.15, 0.2) is 72.2 Å². The molecule has 2 aromatic carbocycles. The molecule has 7 heteroatoms. The predicted octanol–water partition coefficient (Wildman–Crippen LogP) is 4.94. The summed E-state index contributed by atoms with van der Waals surface area (Å²) >= 11 is 7.90. The first-order valence-electron chi connectivity index (χ1n) is 8.90. The number of hydrogen-bond donors (Lipinski definition) is 2. The van der Waals surface area contributed by atoms with Crippen LogP contribution >= 0.6 is 22.9 Å². The Morgan fingerprint density at radius 1 is 1.17 bits per heavy atom. The van der Waals surface area contributed by atoms with Crippen molar-refractivity contribution in [3.63, 3.8) is 0 Å². The van der Waals surface area contributed by atoms with Gasteiger partial charge in [0.05, 0.1) is 11.1 Å². The molecule has 1 atom stereocenters. The summed E-state index contributed by atoms with van der Waals surface area (Å²) in [7, 11) is 0. The van der Waals surface area contributed by atoms with Crippen LogP contribution < -0.4 is 10.1 Å². The monoisotopic (exact) mass is 424 g/mol. The SMILES string of the molecule is O=C(COc1ccccc1)NC(c1cccs1)c1cc(Cl)c2cccnc2c1O. The van der Waals surface area contributed by atoms with E-state index in [-0.39, 0.29) is 18.3 Å². The molecule has 1 amide bonds. The van der Waals surface area contributed by atoms with Gasteiger partial charge in [-0.2, -0.15) is 0 Å². The van der Waals surface area contributed by atoms with Gasteiger partial charge >= 0.3 is 0 Å². The zero-order chi connectivity index (χ0) is 20.2. The van der Waals surface area contributed by atoms with Crippen LogP contribution in [0.1, 0.15) is 16.5 Å². The number of carbonyl (C=O) groups excluding carboxylic acids is 1. The summed E-state index contributed by atoms with van der Waals surface area (Å²) in [6.07, 6.45) is 1.59. The van der Waals surface area contributed by atoms with Gasteiger partial charge in [0.25, 0.3) is 5.91 Å². The number of ether oxygens (including phenoxy) is 1. The second-order valence-electron chi connectivity index (χ2n) is 6.31. The quantitative estimate of drug-likeness (QED) is 0.460. The van der Waals surface area contributed by atoms with Crippen LogP contribution in [0.3, 0.4) is 0 Å². The van der Waals surface area contributed by atoms with Crippen molar-refractivity contribution in [1.29, 1.82) is 0 Å². The van der Waals surface area contributed by atoms with Gasteiger partial charge in [-0.05, 0) is 41.8 Å². The topological polar surface area (TPSA) is 71.5 Å². The minimum absolute atomic E-state index is 0.00678. The van der Waals surface area contributed by atoms with E-state index in [1.807, 2.05) is 35.7 Å². The molecule has 2 heterocycles. The minimum atomic E-state index is -0.578. The third-order valence-corrected chi connectivity index (χ3v) is 5.65. The van der Waals surface area contributed by atoms with Gasteiger partial charge in [0.15, 0.2) is 6.61 Å². The number of hydrogen-bond acceptors (Lipinski definition) is 5. The Kier molecular flexibility index (Phi) is 5.64. The molecule has 0 fully saturated rings. The summed E-state index contributed by atoms with van der Waals surface area (Å²) in [5.41, 5.74) is 0.878. The minimum Gasteiger partial charge on any atom is -0.505 e. The van der Waals surface area contributed by atoms with E-state index in [9.17, 15) is 9.90 Å². The second-order valence-corrected chi connectivity index (χ2v) is 7.70. The molecule has 5 nitrogen and oxygen atoms in total. The van der Waals surface area contributed by atoms with Crippen LogP contribution in [0, 0.1) is 0 Å². The van der Waals surface area contributed by atoms with Crippen LogP contribution in [-0.4, -0.2) is 22.6 Å². The number of rotatable bonds is 6. The van der Waals surface area contributed by atoms with E-state index in [0.717, 1.165) is 4.88 Å². The van der Waals surface area contributed by atoms with Gasteiger partial charge in [0, 0.05) is 22.0 Å². The second kappa shape index (κ2) is 8.51. The normalized spacial score (nSPS) is 11.9. The largest absolute Gasteiger partial charge is 0.505 e. The summed E-state index contributed by atoms with van der Waals surface area (Å²) in [5, 5.41) is 16.8. The summed E-state index contributed by atoms with van der Waals surface area (Å²) < 4.78 is 5.54. The first-order valence-corrected chi connectivity index (χ1v) is 10.2. The maximum Gasteiger partial charge on any atom is 0.258 e. The third-order valence-electron chi connectivity index (χ3n) is 4.40. The highest BCUT2D eigenvalue weighted by Gasteiger charge is 2.24. The highest BCUT2D eigenvalue weighted by Crippen LogP contribution is 2.39. The van der Waals surface area contributed by atoms with E-state index in [4.69, 9.17) is 16.3 Å². The smallest absolute Gasteiger partial charge is 0.258 e. The number of halogens is 1. The molecule has 2 N–H and O–H groups in total. The van der Waals surface area contributed by atoms with Crippen LogP contribution in [0.2, 0.25) is 5.02 Å². The highest BCUT2D eigenvalue weighted by atomic mass is 35.5. The van der Waals surface area contributed by atoms with Gasteiger partial charge in [-0.25, -0.2) is 0 Å². The molecule has 0 saturated heterocycles. The fourth-order valence-electron chi connectivity index (χ4n) is 3.05. The number of para-hydroxylation sites is 1. The number of nitrogens with one attached hydrogen (secondary N) is 1. The number of thiophene rings is 1. The Balaban J connectivity index is 1.64. The Hall–Kier alpha value is -3.09. The molecule has 0 radical (unpaired) electrons. The Labute approximate surface area is 176 Å². The number of benzene rings is 2. The van der Waals surface area contributed by atoms with Crippen molar-refractivity contribution in [3.8, 4) is 11.5 Å². The average Bonchev–Trinajstić information content (AvgIpc) is 3.29. The molecule has 0 bridgehead atoms. The number of aromatic hydroxyl groups is 1. The maximum atomic E-state index is 12.6. The fraction of sp³-hybridized carbons (Fsp3) is 0.0909. The molecule has 29 heavy (non-hydrogen) atoms. The molecule has 2 aromatic heterocycles. The van der Waals surface area contributed by atoms with E-state index < -0.39 is 6.04 Å². The van der Waals surface area contributed by atoms with Gasteiger partial charge in [-0.15, -0.1) is 11.3 Å². The summed E-state index contributed by atoms with van der Waals surface area (Å²) in [6.45, 7) is -0.147. The lowest BCUT2D eigenvalue weighted by Crippen LogP contribution is -2.33. The van der Waals surface area contributed by atoms with Crippen molar-refractivity contribution in [3.05, 3.63) is 87.7 Å². The van der Waals surface area contributed by atoms with Crippen molar-refractivity contribution in [2.24, 2.45) is 0 Å². The first-order chi connectivity index (χ1) is 14.1. The van der Waals surface area contributed by atoms with Crippen molar-refractivity contribution in [2.75, 3.05) is 6.61 Å². The van der Waals surface area contributed by atoms with Crippen molar-refractivity contribution >= 4 is 39.7 Å². The number of phenolic OH excluding ortho intramolecular Hbond substituents is 1. The molecule has 0 aliphatic carbocycles. The zero-order valence-corrected chi connectivity index (χ0v) is 16.8. The molecular formula is C22H17ClN2O3S. The number of amides is 1. The van der Waals surface area contributed by atoms with Gasteiger partial charge in [-0.1, -0.05) is 35.9 Å². The molecule has 1 unspecified atom stereocenters. The number of carbonyl (C=O) groups is 1. The lowest BCUT2D eigenvalue weighted by atomic mass is 10.0. The molecule has 0 aliphatic rings. The summed E-state index contributed by atoms with van der Waals surface area (Å²) in [4.78, 5) is 17.7. The van der Waals surface area contributed by atoms with E-state index >= 15 is 0 Å². The highest BCUT2D eigenvalue weighted by molar-refractivity contribution is 7.10. The zero-order valence-electron chi connectivity index (χ0n) is 15.2. The van der Waals surface area contributed by atoms with E-state index in [1.165, 1.54) is 11.3 Å². The van der Waals surface area contributed by atoms with E-state index in [2.05, 4.69) is 10.3 Å². The number of aromatic nitrogens is 1. The number of fused-ring (bicyclic) bond motifs is 1. The van der Waals surface area contributed by atoms with Crippen LogP contribution in [0.25, 0.3) is 10.9 Å². The average molecular weight is 425 g/mol. The van der Waals surface area contributed by atoms with Gasteiger partial charge < -0.3 is 15.2 Å². The maximum absolute atomic E-state index is 12.6. The van der Waals surface area contributed by atoms with Gasteiger partial charge in [0.1, 0.15) is 17.0 Å². The Morgan fingerprint density at radius 3 is 2.76 bits per heavy atom. The van der Waals surface area contributed by atoms with Crippen molar-refractivity contribution < 1.29 is 14.6 Å². The van der Waals surface area contributed by atoms with E-state index in [1.54, 1.807) is 36.5 Å². The van der Waals surface area contributed by atoms with Crippen molar-refractivity contribution in [2.45, 2.75) is 6.04 Å². The van der Waals surface area contributed by atoms with Gasteiger partial charge in [0.2, 0.25) is 0 Å². The van der Waals surface area contributed by atoms with Crippen LogP contribution in [-0.2, 0) is 4.79 Å².